The van der Waals surface area contributed by atoms with Crippen molar-refractivity contribution in [1.82, 2.24) is 0 Å². The number of halogens is 6. The van der Waals surface area contributed by atoms with E-state index in [1.165, 1.54) is 0 Å². The van der Waals surface area contributed by atoms with Gasteiger partial charge in [-0.15, -0.1) is 0 Å². The molecule has 0 N–H and O–H groups in total. The molecule has 0 aliphatic carbocycles. The summed E-state index contributed by atoms with van der Waals surface area (Å²) >= 11 is 0. The van der Waals surface area contributed by atoms with Crippen molar-refractivity contribution in [2.45, 2.75) is 24.2 Å². The molecule has 2 atom stereocenters. The maximum atomic E-state index is 13.4. The maximum absolute atomic E-state index is 13.4. The molecule has 0 spiro atoms. The molecule has 0 aromatic heterocycles. The van der Waals surface area contributed by atoms with Crippen LogP contribution in [-0.2, 0) is 17.1 Å². The predicted octanol–water partition coefficient (Wildman–Crippen LogP) is 4.71. The van der Waals surface area contributed by atoms with Crippen LogP contribution >= 0.6 is 0 Å². The van der Waals surface area contributed by atoms with E-state index in [4.69, 9.17) is 0 Å². The van der Waals surface area contributed by atoms with Crippen molar-refractivity contribution in [3.05, 3.63) is 91.0 Å². The molecule has 0 fully saturated rings. The molecule has 32 heavy (non-hydrogen) atoms. The number of rotatable bonds is 8. The quantitative estimate of drug-likeness (QED) is 0.320. The number of benzene rings is 2. The minimum absolute atomic E-state index is 0.557. The van der Waals surface area contributed by atoms with Crippen LogP contribution in [0.1, 0.15) is 34.1 Å². The average Bonchev–Trinajstić information content (AvgIpc) is 2.68. The minimum atomic E-state index is -5.03. The first kappa shape index (κ1) is 24.8. The highest BCUT2D eigenvalue weighted by molar-refractivity contribution is 5.92. The lowest BCUT2D eigenvalue weighted by molar-refractivity contribution is -0.484. The minimum Gasteiger partial charge on any atom is -0.298 e. The Bertz CT molecular complexity index is 942. The molecule has 2 rings (SSSR count). The van der Waals surface area contributed by atoms with Crippen LogP contribution in [0.25, 0.3) is 0 Å². The van der Waals surface area contributed by atoms with Gasteiger partial charge in [0.25, 0.3) is 0 Å². The first-order chi connectivity index (χ1) is 14.7. The Morgan fingerprint density at radius 3 is 1.31 bits per heavy atom. The highest BCUT2D eigenvalue weighted by Gasteiger charge is 2.44. The highest BCUT2D eigenvalue weighted by Crippen LogP contribution is 2.40. The van der Waals surface area contributed by atoms with Gasteiger partial charge in [0.05, 0.1) is 11.1 Å². The van der Waals surface area contributed by atoms with Crippen LogP contribution in [0.2, 0.25) is 0 Å². The molecule has 0 bridgehead atoms. The number of ketones is 1. The van der Waals surface area contributed by atoms with Crippen molar-refractivity contribution in [1.29, 1.82) is 0 Å². The normalized spacial score (nSPS) is 13.9. The third-order valence-corrected chi connectivity index (χ3v) is 4.63. The SMILES string of the molecule is O=C(C(C[N+](=O)[O-])c1ccccc1C(F)(F)F)C(C[N+](=O)[O-])c1ccccc1C(F)(F)F. The Balaban J connectivity index is 2.71. The topological polar surface area (TPSA) is 103 Å². The summed E-state index contributed by atoms with van der Waals surface area (Å²) < 4.78 is 80.6. The largest absolute Gasteiger partial charge is 0.416 e. The molecule has 0 heterocycles. The van der Waals surface area contributed by atoms with Gasteiger partial charge in [-0.1, -0.05) is 36.4 Å². The van der Waals surface area contributed by atoms with E-state index in [2.05, 4.69) is 0 Å². The Hall–Kier alpha value is -3.51. The summed E-state index contributed by atoms with van der Waals surface area (Å²) in [6.07, 6.45) is -10.1. The molecule has 0 aliphatic heterocycles. The van der Waals surface area contributed by atoms with Crippen LogP contribution < -0.4 is 0 Å². The van der Waals surface area contributed by atoms with Gasteiger partial charge in [0.15, 0.2) is 5.78 Å². The lowest BCUT2D eigenvalue weighted by Gasteiger charge is -2.23. The molecule has 172 valence electrons. The smallest absolute Gasteiger partial charge is 0.298 e. The van der Waals surface area contributed by atoms with Gasteiger partial charge in [-0.2, -0.15) is 26.3 Å². The molecule has 7 nitrogen and oxygen atoms in total. The first-order valence-electron chi connectivity index (χ1n) is 8.83. The Morgan fingerprint density at radius 1 is 0.719 bits per heavy atom. The van der Waals surface area contributed by atoms with Gasteiger partial charge in [0.1, 0.15) is 11.8 Å². The molecule has 0 saturated heterocycles. The van der Waals surface area contributed by atoms with E-state index in [1.807, 2.05) is 0 Å². The molecule has 0 saturated carbocycles. The van der Waals surface area contributed by atoms with Crippen molar-refractivity contribution < 1.29 is 41.0 Å². The zero-order valence-electron chi connectivity index (χ0n) is 15.9. The first-order valence-corrected chi connectivity index (χ1v) is 8.83. The Morgan fingerprint density at radius 2 is 1.03 bits per heavy atom. The zero-order chi connectivity index (χ0) is 24.3. The van der Waals surface area contributed by atoms with Gasteiger partial charge in [0, 0.05) is 9.85 Å². The summed E-state index contributed by atoms with van der Waals surface area (Å²) in [7, 11) is 0. The molecular formula is C19H14F6N2O5. The lowest BCUT2D eigenvalue weighted by Crippen LogP contribution is -2.32. The summed E-state index contributed by atoms with van der Waals surface area (Å²) in [5, 5.41) is 22.2. The van der Waals surface area contributed by atoms with E-state index >= 15 is 0 Å². The zero-order valence-corrected chi connectivity index (χ0v) is 15.9. The van der Waals surface area contributed by atoms with E-state index in [1.54, 1.807) is 0 Å². The maximum Gasteiger partial charge on any atom is 0.416 e. The van der Waals surface area contributed by atoms with Gasteiger partial charge >= 0.3 is 12.4 Å². The second kappa shape index (κ2) is 9.32. The summed E-state index contributed by atoms with van der Waals surface area (Å²) in [5.41, 5.74) is -4.49. The van der Waals surface area contributed by atoms with Crippen molar-refractivity contribution in [2.75, 3.05) is 13.1 Å². The monoisotopic (exact) mass is 464 g/mol. The summed E-state index contributed by atoms with van der Waals surface area (Å²) in [6, 6.07) is 6.75. The summed E-state index contributed by atoms with van der Waals surface area (Å²) in [6.45, 7) is -2.79. The van der Waals surface area contributed by atoms with Crippen LogP contribution in [0.3, 0.4) is 0 Å². The fourth-order valence-electron chi connectivity index (χ4n) is 3.34. The second-order valence-electron chi connectivity index (χ2n) is 6.71. The number of hydrogen-bond donors (Lipinski definition) is 0. The van der Waals surface area contributed by atoms with E-state index in [0.717, 1.165) is 36.4 Å². The predicted molar refractivity (Wildman–Crippen MR) is 97.1 cm³/mol. The molecular weight excluding hydrogens is 450 g/mol. The van der Waals surface area contributed by atoms with E-state index in [9.17, 15) is 51.4 Å². The molecule has 0 radical (unpaired) electrons. The Labute approximate surface area is 176 Å². The van der Waals surface area contributed by atoms with Crippen LogP contribution in [-0.4, -0.2) is 28.7 Å². The number of carbonyl (C=O) groups excluding carboxylic acids is 1. The number of nitrogens with zero attached hydrogens (tertiary/aromatic N) is 2. The van der Waals surface area contributed by atoms with E-state index in [0.29, 0.717) is 12.1 Å². The van der Waals surface area contributed by atoms with Crippen LogP contribution in [0.4, 0.5) is 26.3 Å². The number of alkyl halides is 6. The van der Waals surface area contributed by atoms with Crippen molar-refractivity contribution in [3.8, 4) is 0 Å². The van der Waals surface area contributed by atoms with E-state index < -0.39 is 75.2 Å². The lowest BCUT2D eigenvalue weighted by atomic mass is 9.80. The average molecular weight is 464 g/mol. The van der Waals surface area contributed by atoms with Crippen molar-refractivity contribution in [2.24, 2.45) is 0 Å². The number of hydrogen-bond acceptors (Lipinski definition) is 5. The van der Waals surface area contributed by atoms with Crippen molar-refractivity contribution >= 4 is 5.78 Å². The summed E-state index contributed by atoms with van der Waals surface area (Å²) in [5.74, 6) is -5.84. The van der Waals surface area contributed by atoms with Gasteiger partial charge < -0.3 is 0 Å². The van der Waals surface area contributed by atoms with Gasteiger partial charge in [-0.05, 0) is 23.3 Å². The Kier molecular flexibility index (Phi) is 7.21. The van der Waals surface area contributed by atoms with Gasteiger partial charge in [-0.3, -0.25) is 25.0 Å². The fourth-order valence-corrected chi connectivity index (χ4v) is 3.34. The fraction of sp³-hybridized carbons (Fsp3) is 0.316. The standard InChI is InChI=1S/C19H14F6N2O5/c20-18(21,22)15-7-3-1-5-11(15)13(9-26(29)30)17(28)14(10-27(31)32)12-6-2-4-8-16(12)19(23,24)25/h1-8,13-14H,9-10H2. The molecule has 13 heteroatoms. The van der Waals surface area contributed by atoms with Crippen LogP contribution in [0.15, 0.2) is 48.5 Å². The van der Waals surface area contributed by atoms with Gasteiger partial charge in [0.2, 0.25) is 13.1 Å². The molecule has 2 aromatic carbocycles. The number of nitro groups is 2. The van der Waals surface area contributed by atoms with Crippen LogP contribution in [0.5, 0.6) is 0 Å². The van der Waals surface area contributed by atoms with E-state index in [-0.39, 0.29) is 0 Å². The van der Waals surface area contributed by atoms with Gasteiger partial charge in [-0.25, -0.2) is 0 Å². The number of Topliss-reactive ketones (excluding diaryl/α,β-unsaturated/α-hetero) is 1. The number of carbonyl (C=O) groups is 1. The third-order valence-electron chi connectivity index (χ3n) is 4.63. The molecule has 0 aliphatic rings. The molecule has 0 amide bonds. The molecule has 2 aromatic rings. The second-order valence-corrected chi connectivity index (χ2v) is 6.71. The third kappa shape index (κ3) is 5.80. The van der Waals surface area contributed by atoms with Crippen molar-refractivity contribution in [3.63, 3.8) is 0 Å². The highest BCUT2D eigenvalue weighted by atomic mass is 19.4. The summed E-state index contributed by atoms with van der Waals surface area (Å²) in [4.78, 5) is 33.2. The van der Waals surface area contributed by atoms with Crippen LogP contribution in [0, 0.1) is 20.2 Å². The molecule has 2 unspecified atom stereocenters.